The molecule has 2 rings (SSSR count). The van der Waals surface area contributed by atoms with E-state index < -0.39 is 5.92 Å². The number of anilines is 1. The van der Waals surface area contributed by atoms with Crippen molar-refractivity contribution in [2.45, 2.75) is 0 Å². The Labute approximate surface area is 93.9 Å². The van der Waals surface area contributed by atoms with Crippen molar-refractivity contribution in [1.29, 1.82) is 10.5 Å². The van der Waals surface area contributed by atoms with Crippen molar-refractivity contribution in [2.75, 3.05) is 5.32 Å². The molecular weight excluding hydrogens is 198 g/mol. The SMILES string of the molecule is N#CC(C#N)C1=CC=Cc2ccccc2N1. The van der Waals surface area contributed by atoms with Gasteiger partial charge in [-0.25, -0.2) is 0 Å². The van der Waals surface area contributed by atoms with Gasteiger partial charge in [0.05, 0.1) is 12.1 Å². The van der Waals surface area contributed by atoms with Crippen LogP contribution in [0.1, 0.15) is 5.56 Å². The molecule has 0 unspecified atom stereocenters. The third-order valence-corrected chi connectivity index (χ3v) is 2.36. The molecule has 1 aliphatic heterocycles. The highest BCUT2D eigenvalue weighted by Crippen LogP contribution is 2.24. The summed E-state index contributed by atoms with van der Waals surface area (Å²) in [6.45, 7) is 0. The van der Waals surface area contributed by atoms with E-state index in [-0.39, 0.29) is 0 Å². The number of nitriles is 2. The molecule has 3 nitrogen and oxygen atoms in total. The number of nitrogens with zero attached hydrogens (tertiary/aromatic N) is 2. The zero-order chi connectivity index (χ0) is 11.4. The molecule has 0 atom stereocenters. The van der Waals surface area contributed by atoms with E-state index in [1.54, 1.807) is 6.08 Å². The smallest absolute Gasteiger partial charge is 0.172 e. The van der Waals surface area contributed by atoms with Gasteiger partial charge in [-0.1, -0.05) is 30.4 Å². The molecule has 0 saturated heterocycles. The van der Waals surface area contributed by atoms with Gasteiger partial charge in [0.2, 0.25) is 0 Å². The summed E-state index contributed by atoms with van der Waals surface area (Å²) in [5.41, 5.74) is 2.58. The van der Waals surface area contributed by atoms with Gasteiger partial charge in [-0.2, -0.15) is 10.5 Å². The maximum Gasteiger partial charge on any atom is 0.172 e. The predicted molar refractivity (Wildman–Crippen MR) is 61.9 cm³/mol. The lowest BCUT2D eigenvalue weighted by atomic mass is 10.1. The maximum atomic E-state index is 8.84. The molecule has 0 amide bonds. The molecule has 1 N–H and O–H groups in total. The van der Waals surface area contributed by atoms with E-state index in [1.807, 2.05) is 48.6 Å². The first kappa shape index (κ1) is 10.0. The summed E-state index contributed by atoms with van der Waals surface area (Å²) in [6, 6.07) is 11.7. The summed E-state index contributed by atoms with van der Waals surface area (Å²) in [7, 11) is 0. The fraction of sp³-hybridized carbons (Fsp3) is 0.0769. The second kappa shape index (κ2) is 4.33. The van der Waals surface area contributed by atoms with Gasteiger partial charge in [-0.15, -0.1) is 0 Å². The average Bonchev–Trinajstić information content (AvgIpc) is 2.53. The molecule has 0 fully saturated rings. The molecule has 0 radical (unpaired) electrons. The Kier molecular flexibility index (Phi) is 2.71. The topological polar surface area (TPSA) is 59.6 Å². The highest BCUT2D eigenvalue weighted by molar-refractivity contribution is 5.71. The largest absolute Gasteiger partial charge is 0.356 e. The zero-order valence-electron chi connectivity index (χ0n) is 8.51. The Morgan fingerprint density at radius 2 is 1.88 bits per heavy atom. The first-order valence-corrected chi connectivity index (χ1v) is 4.88. The minimum atomic E-state index is -0.754. The molecule has 0 spiro atoms. The minimum absolute atomic E-state index is 0.617. The number of hydrogen-bond donors (Lipinski definition) is 1. The summed E-state index contributed by atoms with van der Waals surface area (Å²) in [5.74, 6) is -0.754. The highest BCUT2D eigenvalue weighted by Gasteiger charge is 2.14. The number of hydrogen-bond acceptors (Lipinski definition) is 3. The Morgan fingerprint density at radius 1 is 1.12 bits per heavy atom. The van der Waals surface area contributed by atoms with Crippen LogP contribution in [0.5, 0.6) is 0 Å². The van der Waals surface area contributed by atoms with Crippen LogP contribution in [0, 0.1) is 28.6 Å². The van der Waals surface area contributed by atoms with Gasteiger partial charge in [0.15, 0.2) is 5.92 Å². The van der Waals surface area contributed by atoms with E-state index in [0.29, 0.717) is 5.70 Å². The molecule has 1 heterocycles. The van der Waals surface area contributed by atoms with Crippen LogP contribution in [-0.4, -0.2) is 0 Å². The Hall–Kier alpha value is -2.52. The second-order valence-electron chi connectivity index (χ2n) is 3.38. The van der Waals surface area contributed by atoms with Crippen LogP contribution in [0.4, 0.5) is 5.69 Å². The van der Waals surface area contributed by atoms with Gasteiger partial charge in [0.25, 0.3) is 0 Å². The summed E-state index contributed by atoms with van der Waals surface area (Å²) in [6.07, 6.45) is 5.55. The van der Waals surface area contributed by atoms with Crippen LogP contribution in [0.25, 0.3) is 6.08 Å². The monoisotopic (exact) mass is 207 g/mol. The van der Waals surface area contributed by atoms with E-state index in [0.717, 1.165) is 11.3 Å². The zero-order valence-corrected chi connectivity index (χ0v) is 8.51. The Balaban J connectivity index is 2.38. The first-order chi connectivity index (χ1) is 7.85. The minimum Gasteiger partial charge on any atom is -0.356 e. The average molecular weight is 207 g/mol. The van der Waals surface area contributed by atoms with Crippen molar-refractivity contribution >= 4 is 11.8 Å². The van der Waals surface area contributed by atoms with Crippen LogP contribution in [-0.2, 0) is 0 Å². The number of rotatable bonds is 1. The van der Waals surface area contributed by atoms with Crippen LogP contribution in [0.3, 0.4) is 0 Å². The fourth-order valence-corrected chi connectivity index (χ4v) is 1.55. The number of para-hydroxylation sites is 1. The summed E-state index contributed by atoms with van der Waals surface area (Å²) < 4.78 is 0. The lowest BCUT2D eigenvalue weighted by molar-refractivity contribution is 1.00. The van der Waals surface area contributed by atoms with E-state index in [1.165, 1.54) is 0 Å². The van der Waals surface area contributed by atoms with Crippen molar-refractivity contribution in [3.05, 3.63) is 47.7 Å². The third kappa shape index (κ3) is 1.80. The van der Waals surface area contributed by atoms with Gasteiger partial charge in [0, 0.05) is 11.4 Å². The fourth-order valence-electron chi connectivity index (χ4n) is 1.55. The maximum absolute atomic E-state index is 8.84. The first-order valence-electron chi connectivity index (χ1n) is 4.88. The lowest BCUT2D eigenvalue weighted by Gasteiger charge is -2.11. The molecule has 0 saturated carbocycles. The summed E-state index contributed by atoms with van der Waals surface area (Å²) in [4.78, 5) is 0. The molecular formula is C13H9N3. The molecule has 16 heavy (non-hydrogen) atoms. The van der Waals surface area contributed by atoms with E-state index >= 15 is 0 Å². The molecule has 1 aliphatic rings. The molecule has 76 valence electrons. The summed E-state index contributed by atoms with van der Waals surface area (Å²) >= 11 is 0. The number of fused-ring (bicyclic) bond motifs is 1. The van der Waals surface area contributed by atoms with Gasteiger partial charge in [0.1, 0.15) is 0 Å². The van der Waals surface area contributed by atoms with Gasteiger partial charge < -0.3 is 5.32 Å². The van der Waals surface area contributed by atoms with Crippen LogP contribution in [0.2, 0.25) is 0 Å². The van der Waals surface area contributed by atoms with Crippen LogP contribution < -0.4 is 5.32 Å². The van der Waals surface area contributed by atoms with Crippen LogP contribution >= 0.6 is 0 Å². The van der Waals surface area contributed by atoms with Crippen molar-refractivity contribution in [3.63, 3.8) is 0 Å². The third-order valence-electron chi connectivity index (χ3n) is 2.36. The number of nitrogens with one attached hydrogen (secondary N) is 1. The Bertz CT molecular complexity index is 527. The van der Waals surface area contributed by atoms with Crippen molar-refractivity contribution in [1.82, 2.24) is 0 Å². The summed E-state index contributed by atoms with van der Waals surface area (Å²) in [5, 5.41) is 20.8. The number of allylic oxidation sites excluding steroid dienone is 3. The van der Waals surface area contributed by atoms with Gasteiger partial charge in [-0.05, 0) is 17.7 Å². The van der Waals surface area contributed by atoms with Gasteiger partial charge >= 0.3 is 0 Å². The predicted octanol–water partition coefficient (Wildman–Crippen LogP) is 2.67. The Morgan fingerprint density at radius 3 is 2.62 bits per heavy atom. The molecule has 3 heteroatoms. The molecule has 0 aromatic heterocycles. The lowest BCUT2D eigenvalue weighted by Crippen LogP contribution is -2.08. The normalized spacial score (nSPS) is 12.8. The van der Waals surface area contributed by atoms with Crippen molar-refractivity contribution in [2.24, 2.45) is 5.92 Å². The van der Waals surface area contributed by atoms with E-state index in [2.05, 4.69) is 5.32 Å². The highest BCUT2D eigenvalue weighted by atomic mass is 14.9. The second-order valence-corrected chi connectivity index (χ2v) is 3.38. The quantitative estimate of drug-likeness (QED) is 0.770. The standard InChI is InChI=1S/C13H9N3/c14-8-11(9-15)13-7-3-5-10-4-1-2-6-12(10)16-13/h1-7,11,16H. The van der Waals surface area contributed by atoms with E-state index in [9.17, 15) is 0 Å². The molecule has 0 bridgehead atoms. The molecule has 1 aromatic rings. The van der Waals surface area contributed by atoms with Gasteiger partial charge in [-0.3, -0.25) is 0 Å². The van der Waals surface area contributed by atoms with Crippen LogP contribution in [0.15, 0.2) is 42.1 Å². The van der Waals surface area contributed by atoms with Crippen molar-refractivity contribution < 1.29 is 0 Å². The molecule has 1 aromatic carbocycles. The number of benzene rings is 1. The van der Waals surface area contributed by atoms with E-state index in [4.69, 9.17) is 10.5 Å². The molecule has 0 aliphatic carbocycles. The van der Waals surface area contributed by atoms with Crippen molar-refractivity contribution in [3.8, 4) is 12.1 Å².